The maximum atomic E-state index is 12.3. The van der Waals surface area contributed by atoms with Crippen LogP contribution in [0, 0.1) is 5.92 Å². The highest BCUT2D eigenvalue weighted by Crippen LogP contribution is 2.31. The molecule has 2 rings (SSSR count). The third kappa shape index (κ3) is 4.49. The normalized spacial score (nSPS) is 17.0. The summed E-state index contributed by atoms with van der Waals surface area (Å²) in [6, 6.07) is 2.78. The average Bonchev–Trinajstić information content (AvgIpc) is 2.38. The summed E-state index contributed by atoms with van der Waals surface area (Å²) in [6.45, 7) is 0.408. The van der Waals surface area contributed by atoms with Crippen LogP contribution in [0.15, 0.2) is 17.0 Å². The lowest BCUT2D eigenvalue weighted by molar-refractivity contribution is 0.339. The van der Waals surface area contributed by atoms with Crippen LogP contribution in [-0.2, 0) is 10.0 Å². The zero-order chi connectivity index (χ0) is 15.5. The first kappa shape index (κ1) is 16.9. The lowest BCUT2D eigenvalue weighted by Gasteiger charge is -2.21. The molecule has 1 aliphatic carbocycles. The molecule has 0 aromatic heterocycles. The largest absolute Gasteiger partial charge is 0.398 e. The van der Waals surface area contributed by atoms with Gasteiger partial charge in [0.25, 0.3) is 0 Å². The Balaban J connectivity index is 2.01. The van der Waals surface area contributed by atoms with Crippen LogP contribution in [0.4, 0.5) is 5.69 Å². The van der Waals surface area contributed by atoms with Gasteiger partial charge in [0.2, 0.25) is 10.0 Å². The Morgan fingerprint density at radius 2 is 1.86 bits per heavy atom. The number of anilines is 1. The van der Waals surface area contributed by atoms with Crippen molar-refractivity contribution in [1.29, 1.82) is 0 Å². The number of benzene rings is 1. The molecule has 4 nitrogen and oxygen atoms in total. The molecule has 7 heteroatoms. The summed E-state index contributed by atoms with van der Waals surface area (Å²) in [5.74, 6) is 0.611. The van der Waals surface area contributed by atoms with Crippen LogP contribution in [0.3, 0.4) is 0 Å². The van der Waals surface area contributed by atoms with Crippen LogP contribution < -0.4 is 10.5 Å². The fraction of sp³-hybridized carbons (Fsp3) is 0.571. The van der Waals surface area contributed by atoms with E-state index in [0.717, 1.165) is 6.42 Å². The van der Waals surface area contributed by atoms with E-state index in [0.29, 0.717) is 17.5 Å². The highest BCUT2D eigenvalue weighted by atomic mass is 35.5. The maximum absolute atomic E-state index is 12.3. The third-order valence-corrected chi connectivity index (χ3v) is 6.08. The maximum Gasteiger partial charge on any atom is 0.244 e. The van der Waals surface area contributed by atoms with Crippen molar-refractivity contribution in [3.8, 4) is 0 Å². The Morgan fingerprint density at radius 1 is 1.19 bits per heavy atom. The molecule has 0 amide bonds. The van der Waals surface area contributed by atoms with Crippen LogP contribution in [0.2, 0.25) is 10.0 Å². The molecule has 0 heterocycles. The van der Waals surface area contributed by atoms with Crippen LogP contribution >= 0.6 is 23.2 Å². The predicted molar refractivity (Wildman–Crippen MR) is 87.3 cm³/mol. The first-order valence-corrected chi connectivity index (χ1v) is 9.38. The van der Waals surface area contributed by atoms with Crippen molar-refractivity contribution in [2.75, 3.05) is 12.3 Å². The fourth-order valence-electron chi connectivity index (χ4n) is 2.81. The van der Waals surface area contributed by atoms with Crippen molar-refractivity contribution in [3.63, 3.8) is 0 Å². The molecule has 3 N–H and O–H groups in total. The third-order valence-electron chi connectivity index (χ3n) is 3.88. The van der Waals surface area contributed by atoms with Gasteiger partial charge in [0.1, 0.15) is 4.90 Å². The van der Waals surface area contributed by atoms with Crippen molar-refractivity contribution in [3.05, 3.63) is 22.2 Å². The lowest BCUT2D eigenvalue weighted by Crippen LogP contribution is -2.27. The van der Waals surface area contributed by atoms with Crippen LogP contribution in [-0.4, -0.2) is 15.0 Å². The monoisotopic (exact) mass is 350 g/mol. The number of hydrogen-bond acceptors (Lipinski definition) is 3. The van der Waals surface area contributed by atoms with Gasteiger partial charge in [-0.3, -0.25) is 0 Å². The van der Waals surface area contributed by atoms with E-state index < -0.39 is 10.0 Å². The zero-order valence-corrected chi connectivity index (χ0v) is 14.1. The molecule has 1 aromatic rings. The summed E-state index contributed by atoms with van der Waals surface area (Å²) in [6.07, 6.45) is 7.00. The molecule has 0 bridgehead atoms. The van der Waals surface area contributed by atoms with Gasteiger partial charge in [-0.2, -0.15) is 0 Å². The van der Waals surface area contributed by atoms with E-state index in [1.807, 2.05) is 0 Å². The zero-order valence-electron chi connectivity index (χ0n) is 11.7. The van der Waals surface area contributed by atoms with Gasteiger partial charge in [-0.25, -0.2) is 13.1 Å². The van der Waals surface area contributed by atoms with Gasteiger partial charge in [0.05, 0.1) is 10.7 Å². The quantitative estimate of drug-likeness (QED) is 0.792. The fourth-order valence-corrected chi connectivity index (χ4v) is 4.84. The molecule has 1 aromatic carbocycles. The topological polar surface area (TPSA) is 72.2 Å². The van der Waals surface area contributed by atoms with Crippen LogP contribution in [0.25, 0.3) is 0 Å². The van der Waals surface area contributed by atoms with Gasteiger partial charge in [0.15, 0.2) is 0 Å². The summed E-state index contributed by atoms with van der Waals surface area (Å²) in [4.78, 5) is -0.0859. The Labute approximate surface area is 136 Å². The Hall–Kier alpha value is -0.490. The van der Waals surface area contributed by atoms with Gasteiger partial charge >= 0.3 is 0 Å². The Kier molecular flexibility index (Phi) is 5.77. The minimum atomic E-state index is -3.70. The van der Waals surface area contributed by atoms with Gasteiger partial charge in [-0.1, -0.05) is 55.3 Å². The number of sulfonamides is 1. The molecule has 0 atom stereocenters. The molecule has 0 radical (unpaired) electrons. The van der Waals surface area contributed by atoms with Crippen molar-refractivity contribution in [2.45, 2.75) is 43.4 Å². The van der Waals surface area contributed by atoms with Gasteiger partial charge in [-0.05, 0) is 24.5 Å². The summed E-state index contributed by atoms with van der Waals surface area (Å²) in [7, 11) is -3.70. The number of hydrogen-bond donors (Lipinski definition) is 2. The summed E-state index contributed by atoms with van der Waals surface area (Å²) < 4.78 is 27.2. The molecule has 118 valence electrons. The lowest BCUT2D eigenvalue weighted by atomic mass is 9.87. The number of rotatable bonds is 5. The van der Waals surface area contributed by atoms with E-state index in [-0.39, 0.29) is 15.6 Å². The smallest absolute Gasteiger partial charge is 0.244 e. The van der Waals surface area contributed by atoms with Crippen molar-refractivity contribution in [1.82, 2.24) is 4.72 Å². The van der Waals surface area contributed by atoms with E-state index in [4.69, 9.17) is 28.9 Å². The summed E-state index contributed by atoms with van der Waals surface area (Å²) in [5.41, 5.74) is 5.80. The Bertz CT molecular complexity index is 576. The van der Waals surface area contributed by atoms with Gasteiger partial charge in [-0.15, -0.1) is 0 Å². The summed E-state index contributed by atoms with van der Waals surface area (Å²) >= 11 is 11.8. The predicted octanol–water partition coefficient (Wildman–Crippen LogP) is 3.82. The van der Waals surface area contributed by atoms with Crippen molar-refractivity contribution < 1.29 is 8.42 Å². The van der Waals surface area contributed by atoms with Gasteiger partial charge in [0, 0.05) is 11.6 Å². The van der Waals surface area contributed by atoms with E-state index in [2.05, 4.69) is 4.72 Å². The first-order valence-electron chi connectivity index (χ1n) is 7.14. The minimum Gasteiger partial charge on any atom is -0.398 e. The molecule has 1 aliphatic rings. The molecular weight excluding hydrogens is 331 g/mol. The minimum absolute atomic E-state index is 0.0465. The number of nitrogens with two attached hydrogens (primary N) is 1. The molecule has 1 fully saturated rings. The molecule has 0 spiro atoms. The van der Waals surface area contributed by atoms with E-state index in [1.165, 1.54) is 44.2 Å². The van der Waals surface area contributed by atoms with Crippen LogP contribution in [0.1, 0.15) is 38.5 Å². The number of nitrogens with one attached hydrogen (secondary N) is 1. The number of nitrogen functional groups attached to an aromatic ring is 1. The molecule has 0 unspecified atom stereocenters. The molecule has 0 aliphatic heterocycles. The van der Waals surface area contributed by atoms with Crippen molar-refractivity contribution >= 4 is 38.9 Å². The van der Waals surface area contributed by atoms with E-state index in [9.17, 15) is 8.42 Å². The number of halogens is 2. The van der Waals surface area contributed by atoms with Gasteiger partial charge < -0.3 is 5.73 Å². The second-order valence-electron chi connectivity index (χ2n) is 5.50. The second-order valence-corrected chi connectivity index (χ2v) is 8.04. The van der Waals surface area contributed by atoms with Crippen LogP contribution in [0.5, 0.6) is 0 Å². The molecule has 21 heavy (non-hydrogen) atoms. The highest BCUT2D eigenvalue weighted by Gasteiger charge is 2.22. The molecule has 0 saturated heterocycles. The van der Waals surface area contributed by atoms with E-state index >= 15 is 0 Å². The molecular formula is C14H20Cl2N2O2S. The summed E-state index contributed by atoms with van der Waals surface area (Å²) in [5, 5.41) is 0.365. The second kappa shape index (κ2) is 7.18. The van der Waals surface area contributed by atoms with Crippen molar-refractivity contribution in [2.24, 2.45) is 5.92 Å². The first-order chi connectivity index (χ1) is 9.90. The highest BCUT2D eigenvalue weighted by molar-refractivity contribution is 7.89. The van der Waals surface area contributed by atoms with E-state index in [1.54, 1.807) is 0 Å². The molecule has 1 saturated carbocycles. The Morgan fingerprint density at radius 3 is 2.48 bits per heavy atom. The SMILES string of the molecule is Nc1cc(Cl)cc(Cl)c1S(=O)(=O)NCCC1CCCCC1. The standard InChI is InChI=1S/C14H20Cl2N2O2S/c15-11-8-12(16)14(13(17)9-11)21(19,20)18-7-6-10-4-2-1-3-5-10/h8-10,18H,1-7,17H2. The average molecular weight is 351 g/mol.